The summed E-state index contributed by atoms with van der Waals surface area (Å²) in [5.74, 6) is 2.62. The Balaban J connectivity index is 0.00000341. The van der Waals surface area contributed by atoms with Crippen molar-refractivity contribution in [3.63, 3.8) is 0 Å². The second-order valence-electron chi connectivity index (χ2n) is 7.82. The summed E-state index contributed by atoms with van der Waals surface area (Å²) in [6, 6.07) is 11.1. The van der Waals surface area contributed by atoms with Gasteiger partial charge in [-0.15, -0.1) is 45.9 Å². The number of halogens is 1. The van der Waals surface area contributed by atoms with Gasteiger partial charge < -0.3 is 15.2 Å². The first-order valence-corrected chi connectivity index (χ1v) is 11.8. The molecule has 1 aromatic carbocycles. The summed E-state index contributed by atoms with van der Waals surface area (Å²) in [6.45, 7) is 11.0. The van der Waals surface area contributed by atoms with Crippen LogP contribution in [0.25, 0.3) is 0 Å². The number of thioether (sulfide) groups is 1. The van der Waals surface area contributed by atoms with Crippen molar-refractivity contribution >= 4 is 41.7 Å². The Morgan fingerprint density at radius 1 is 1.26 bits per heavy atom. The monoisotopic (exact) mass is 557 g/mol. The third-order valence-electron chi connectivity index (χ3n) is 5.61. The van der Waals surface area contributed by atoms with Crippen LogP contribution in [0.15, 0.2) is 40.2 Å². The molecular formula is C22H36IN7S. The highest BCUT2D eigenvalue weighted by Crippen LogP contribution is 2.22. The van der Waals surface area contributed by atoms with Gasteiger partial charge in [0.2, 0.25) is 0 Å². The van der Waals surface area contributed by atoms with Crippen molar-refractivity contribution < 1.29 is 0 Å². The molecule has 1 fully saturated rings. The molecule has 0 bridgehead atoms. The van der Waals surface area contributed by atoms with Crippen molar-refractivity contribution in [3.05, 3.63) is 42.0 Å². The van der Waals surface area contributed by atoms with Gasteiger partial charge in [0.25, 0.3) is 0 Å². The number of aliphatic imine (C=N–C) groups is 1. The van der Waals surface area contributed by atoms with Crippen molar-refractivity contribution in [1.82, 2.24) is 30.3 Å². The molecule has 2 heterocycles. The highest BCUT2D eigenvalue weighted by atomic mass is 127. The van der Waals surface area contributed by atoms with E-state index in [2.05, 4.69) is 69.9 Å². The van der Waals surface area contributed by atoms with Gasteiger partial charge in [-0.05, 0) is 45.0 Å². The maximum absolute atomic E-state index is 4.80. The molecule has 0 amide bonds. The largest absolute Gasteiger partial charge is 0.355 e. The minimum absolute atomic E-state index is 0. The number of nitrogens with one attached hydrogen (secondary N) is 2. The topological polar surface area (TPSA) is 70.4 Å². The molecule has 2 atom stereocenters. The van der Waals surface area contributed by atoms with Crippen LogP contribution in [-0.2, 0) is 13.6 Å². The number of nitrogens with zero attached hydrogens (tertiary/aromatic N) is 5. The number of likely N-dealkylation sites (N-methyl/N-ethyl adjacent to an activating group) is 1. The van der Waals surface area contributed by atoms with Gasteiger partial charge in [0.15, 0.2) is 11.8 Å². The number of rotatable bonds is 9. The molecule has 2 N–H and O–H groups in total. The molecule has 1 aliphatic heterocycles. The zero-order chi connectivity index (χ0) is 21.3. The van der Waals surface area contributed by atoms with Gasteiger partial charge in [-0.2, -0.15) is 0 Å². The first-order valence-electron chi connectivity index (χ1n) is 10.9. The van der Waals surface area contributed by atoms with Crippen LogP contribution < -0.4 is 10.6 Å². The molecule has 1 aliphatic rings. The number of hydrogen-bond acceptors (Lipinski definition) is 5. The van der Waals surface area contributed by atoms with Gasteiger partial charge in [0.1, 0.15) is 12.4 Å². The second-order valence-corrected chi connectivity index (χ2v) is 9.33. The number of hydrogen-bond donors (Lipinski definition) is 2. The molecule has 0 radical (unpaired) electrons. The maximum Gasteiger partial charge on any atom is 0.191 e. The molecule has 172 valence electrons. The van der Waals surface area contributed by atoms with E-state index in [1.807, 2.05) is 30.3 Å². The highest BCUT2D eigenvalue weighted by molar-refractivity contribution is 14.0. The smallest absolute Gasteiger partial charge is 0.191 e. The molecule has 1 aromatic heterocycles. The van der Waals surface area contributed by atoms with Crippen molar-refractivity contribution in [3.8, 4) is 0 Å². The fraction of sp³-hybridized carbons (Fsp3) is 0.591. The minimum atomic E-state index is 0. The Labute approximate surface area is 207 Å². The van der Waals surface area contributed by atoms with Crippen LogP contribution in [0.1, 0.15) is 38.3 Å². The van der Waals surface area contributed by atoms with E-state index < -0.39 is 0 Å². The maximum atomic E-state index is 4.80. The number of likely N-dealkylation sites (tertiary alicyclic amines) is 1. The second kappa shape index (κ2) is 13.3. The lowest BCUT2D eigenvalue weighted by Gasteiger charge is -2.24. The van der Waals surface area contributed by atoms with Crippen LogP contribution in [0.5, 0.6) is 0 Å². The summed E-state index contributed by atoms with van der Waals surface area (Å²) in [5.41, 5.74) is 0. The molecule has 7 nitrogen and oxygen atoms in total. The van der Waals surface area contributed by atoms with Crippen LogP contribution in [-0.4, -0.2) is 63.1 Å². The molecule has 2 aromatic rings. The van der Waals surface area contributed by atoms with Gasteiger partial charge in [-0.1, -0.05) is 32.0 Å². The lowest BCUT2D eigenvalue weighted by atomic mass is 10.2. The minimum Gasteiger partial charge on any atom is -0.355 e. The van der Waals surface area contributed by atoms with Crippen LogP contribution >= 0.6 is 35.7 Å². The molecule has 0 saturated carbocycles. The molecule has 0 spiro atoms. The lowest BCUT2D eigenvalue weighted by Crippen LogP contribution is -2.46. The Kier molecular flexibility index (Phi) is 11.1. The van der Waals surface area contributed by atoms with Crippen LogP contribution in [0.3, 0.4) is 0 Å². The molecular weight excluding hydrogens is 521 g/mol. The van der Waals surface area contributed by atoms with Gasteiger partial charge in [-0.25, -0.2) is 4.99 Å². The summed E-state index contributed by atoms with van der Waals surface area (Å²) < 4.78 is 1.99. The predicted molar refractivity (Wildman–Crippen MR) is 140 cm³/mol. The van der Waals surface area contributed by atoms with Crippen molar-refractivity contribution in [1.29, 1.82) is 0 Å². The summed E-state index contributed by atoms with van der Waals surface area (Å²) in [6.07, 6.45) is 2.53. The van der Waals surface area contributed by atoms with E-state index in [9.17, 15) is 0 Å². The third-order valence-corrected chi connectivity index (χ3v) is 6.72. The average Bonchev–Trinajstić information content (AvgIpc) is 3.34. The Morgan fingerprint density at radius 3 is 2.71 bits per heavy atom. The Bertz CT molecular complexity index is 811. The van der Waals surface area contributed by atoms with Crippen molar-refractivity contribution in [2.45, 2.75) is 56.3 Å². The first kappa shape index (κ1) is 25.9. The van der Waals surface area contributed by atoms with E-state index in [4.69, 9.17) is 4.99 Å². The van der Waals surface area contributed by atoms with Crippen molar-refractivity contribution in [2.75, 3.05) is 26.2 Å². The normalized spacial score (nSPS) is 17.9. The van der Waals surface area contributed by atoms with Crippen molar-refractivity contribution in [2.24, 2.45) is 12.0 Å². The quantitative estimate of drug-likeness (QED) is 0.213. The summed E-state index contributed by atoms with van der Waals surface area (Å²) in [4.78, 5) is 8.64. The summed E-state index contributed by atoms with van der Waals surface area (Å²) in [5, 5.41) is 15.9. The molecule has 2 unspecified atom stereocenters. The summed E-state index contributed by atoms with van der Waals surface area (Å²) in [7, 11) is 1.98. The standard InChI is InChI=1S/C22H35N7S.HI/c1-5-29-13-9-10-19(29)15-24-22(25-16-21-27-26-18(3)28(21)4)23-14-17(2)30-20-11-7-6-8-12-20;/h6-8,11-12,17,19H,5,9-10,13-16H2,1-4H3,(H2,23,24,25);1H. The van der Waals surface area contributed by atoms with E-state index in [-0.39, 0.29) is 24.0 Å². The summed E-state index contributed by atoms with van der Waals surface area (Å²) >= 11 is 1.87. The Hall–Kier alpha value is -1.33. The zero-order valence-electron chi connectivity index (χ0n) is 19.0. The SMILES string of the molecule is CCN1CCCC1CNC(=NCc1nnc(C)n1C)NCC(C)Sc1ccccc1.I. The van der Waals surface area contributed by atoms with Gasteiger partial charge >= 0.3 is 0 Å². The number of guanidine groups is 1. The zero-order valence-corrected chi connectivity index (χ0v) is 22.2. The highest BCUT2D eigenvalue weighted by Gasteiger charge is 2.23. The van der Waals surface area contributed by atoms with E-state index in [0.717, 1.165) is 37.2 Å². The fourth-order valence-corrected chi connectivity index (χ4v) is 4.63. The van der Waals surface area contributed by atoms with E-state index in [0.29, 0.717) is 17.8 Å². The first-order chi connectivity index (χ1) is 14.6. The van der Waals surface area contributed by atoms with Crippen LogP contribution in [0.2, 0.25) is 0 Å². The number of benzene rings is 1. The number of aryl methyl sites for hydroxylation is 1. The molecule has 31 heavy (non-hydrogen) atoms. The van der Waals surface area contributed by atoms with E-state index in [1.165, 1.54) is 24.3 Å². The van der Waals surface area contributed by atoms with Crippen LogP contribution in [0, 0.1) is 6.92 Å². The van der Waals surface area contributed by atoms with Gasteiger partial charge in [0, 0.05) is 36.3 Å². The average molecular weight is 558 g/mol. The fourth-order valence-electron chi connectivity index (χ4n) is 3.68. The third kappa shape index (κ3) is 7.94. The van der Waals surface area contributed by atoms with Crippen LogP contribution in [0.4, 0.5) is 0 Å². The van der Waals surface area contributed by atoms with E-state index in [1.54, 1.807) is 0 Å². The number of aromatic nitrogens is 3. The van der Waals surface area contributed by atoms with Gasteiger partial charge in [-0.3, -0.25) is 4.90 Å². The lowest BCUT2D eigenvalue weighted by molar-refractivity contribution is 0.267. The molecule has 9 heteroatoms. The molecule has 3 rings (SSSR count). The van der Waals surface area contributed by atoms with E-state index >= 15 is 0 Å². The van der Waals surface area contributed by atoms with Gasteiger partial charge in [0.05, 0.1) is 0 Å². The predicted octanol–water partition coefficient (Wildman–Crippen LogP) is 3.44. The Morgan fingerprint density at radius 2 is 2.03 bits per heavy atom. The molecule has 1 saturated heterocycles. The molecule has 0 aliphatic carbocycles.